The number of rotatable bonds is 5. The monoisotopic (exact) mass is 339 g/mol. The topological polar surface area (TPSA) is 46.4 Å². The summed E-state index contributed by atoms with van der Waals surface area (Å²) in [6.45, 7) is 5.84. The molecule has 0 bridgehead atoms. The zero-order chi connectivity index (χ0) is 18.0. The quantitative estimate of drug-likeness (QED) is 0.768. The molecule has 1 atom stereocenters. The van der Waals surface area contributed by atoms with Crippen LogP contribution in [0.1, 0.15) is 43.1 Å². The molecule has 0 spiro atoms. The Labute approximate surface area is 146 Å². The van der Waals surface area contributed by atoms with Gasteiger partial charge in [-0.05, 0) is 50.6 Å². The Balaban J connectivity index is 2.08. The third-order valence-corrected chi connectivity index (χ3v) is 4.20. The first kappa shape index (κ1) is 17.1. The Morgan fingerprint density at radius 1 is 1.24 bits per heavy atom. The number of nitrogens with one attached hydrogen (secondary N) is 1. The molecule has 1 N–H and O–H groups in total. The van der Waals surface area contributed by atoms with E-state index in [1.54, 1.807) is 12.3 Å². The average Bonchev–Trinajstić information content (AvgIpc) is 2.97. The van der Waals surface area contributed by atoms with Gasteiger partial charge in [-0.25, -0.2) is 9.37 Å². The van der Waals surface area contributed by atoms with Crippen LogP contribution in [0.15, 0.2) is 48.7 Å². The molecule has 0 fully saturated rings. The van der Waals surface area contributed by atoms with Crippen molar-refractivity contribution in [3.63, 3.8) is 0 Å². The van der Waals surface area contributed by atoms with Crippen molar-refractivity contribution < 1.29 is 9.18 Å². The van der Waals surface area contributed by atoms with Crippen molar-refractivity contribution in [3.05, 3.63) is 71.4 Å². The number of carbonyl (C=O) groups excluding carboxylic acids is 1. The van der Waals surface area contributed by atoms with Gasteiger partial charge in [0, 0.05) is 30.3 Å². The number of aromatic nitrogens is 2. The van der Waals surface area contributed by atoms with Gasteiger partial charge in [-0.1, -0.05) is 18.2 Å². The number of amides is 1. The first-order valence-electron chi connectivity index (χ1n) is 8.43. The lowest BCUT2D eigenvalue weighted by molar-refractivity contribution is -0.121. The van der Waals surface area contributed by atoms with Gasteiger partial charge in [0.2, 0.25) is 5.91 Å². The van der Waals surface area contributed by atoms with Crippen LogP contribution in [-0.2, 0) is 4.79 Å². The maximum absolute atomic E-state index is 13.8. The lowest BCUT2D eigenvalue weighted by atomic mass is 9.92. The van der Waals surface area contributed by atoms with Crippen molar-refractivity contribution in [2.75, 3.05) is 0 Å². The molecule has 2 heterocycles. The molecule has 0 radical (unpaired) electrons. The van der Waals surface area contributed by atoms with E-state index in [4.69, 9.17) is 0 Å². The normalized spacial score (nSPS) is 12.5. The van der Waals surface area contributed by atoms with Crippen LogP contribution in [0, 0.1) is 12.7 Å². The van der Waals surface area contributed by atoms with Crippen LogP contribution < -0.4 is 5.32 Å². The summed E-state index contributed by atoms with van der Waals surface area (Å²) in [5, 5.41) is 2.92. The Morgan fingerprint density at radius 2 is 2.00 bits per heavy atom. The van der Waals surface area contributed by atoms with Crippen molar-refractivity contribution in [1.29, 1.82) is 0 Å². The van der Waals surface area contributed by atoms with E-state index in [-0.39, 0.29) is 30.1 Å². The van der Waals surface area contributed by atoms with E-state index in [0.29, 0.717) is 0 Å². The zero-order valence-electron chi connectivity index (χ0n) is 14.7. The van der Waals surface area contributed by atoms with E-state index in [2.05, 4.69) is 10.3 Å². The number of aryl methyl sites for hydroxylation is 1. The van der Waals surface area contributed by atoms with Gasteiger partial charge in [0.1, 0.15) is 11.5 Å². The number of halogens is 1. The van der Waals surface area contributed by atoms with Gasteiger partial charge in [0.05, 0.1) is 5.69 Å². The molecule has 0 aliphatic carbocycles. The summed E-state index contributed by atoms with van der Waals surface area (Å²) in [5.74, 6) is -0.643. The van der Waals surface area contributed by atoms with E-state index < -0.39 is 0 Å². The molecule has 5 heteroatoms. The van der Waals surface area contributed by atoms with E-state index >= 15 is 0 Å². The van der Waals surface area contributed by atoms with Crippen LogP contribution >= 0.6 is 0 Å². The first-order chi connectivity index (χ1) is 12.0. The van der Waals surface area contributed by atoms with Gasteiger partial charge in [-0.15, -0.1) is 0 Å². The molecule has 0 saturated carbocycles. The van der Waals surface area contributed by atoms with Crippen LogP contribution in [0.5, 0.6) is 0 Å². The molecule has 0 saturated heterocycles. The number of nitrogens with zero attached hydrogens (tertiary/aromatic N) is 2. The van der Waals surface area contributed by atoms with Crippen molar-refractivity contribution in [2.45, 2.75) is 39.2 Å². The largest absolute Gasteiger partial charge is 0.354 e. The van der Waals surface area contributed by atoms with Gasteiger partial charge >= 0.3 is 0 Å². The third-order valence-electron chi connectivity index (χ3n) is 4.20. The van der Waals surface area contributed by atoms with Crippen molar-refractivity contribution in [2.24, 2.45) is 0 Å². The molecule has 1 aromatic carbocycles. The van der Waals surface area contributed by atoms with Crippen LogP contribution in [0.25, 0.3) is 5.65 Å². The molecule has 3 rings (SSSR count). The third kappa shape index (κ3) is 3.71. The summed E-state index contributed by atoms with van der Waals surface area (Å²) in [4.78, 5) is 16.9. The molecular formula is C20H22FN3O. The highest BCUT2D eigenvalue weighted by Gasteiger charge is 2.23. The molecule has 130 valence electrons. The lowest BCUT2D eigenvalue weighted by Gasteiger charge is -2.19. The second kappa shape index (κ2) is 7.05. The Morgan fingerprint density at radius 3 is 2.72 bits per heavy atom. The summed E-state index contributed by atoms with van der Waals surface area (Å²) >= 11 is 0. The summed E-state index contributed by atoms with van der Waals surface area (Å²) < 4.78 is 15.8. The van der Waals surface area contributed by atoms with Crippen molar-refractivity contribution in [1.82, 2.24) is 14.7 Å². The summed E-state index contributed by atoms with van der Waals surface area (Å²) in [7, 11) is 0. The molecule has 3 aromatic rings. The summed E-state index contributed by atoms with van der Waals surface area (Å²) in [6.07, 6.45) is 2.02. The van der Waals surface area contributed by atoms with Gasteiger partial charge in [-0.3, -0.25) is 4.79 Å². The Hall–Kier alpha value is -2.69. The number of imidazole rings is 1. The van der Waals surface area contributed by atoms with E-state index in [1.807, 2.05) is 49.4 Å². The fourth-order valence-corrected chi connectivity index (χ4v) is 3.16. The maximum atomic E-state index is 13.8. The highest BCUT2D eigenvalue weighted by atomic mass is 19.1. The second-order valence-corrected chi connectivity index (χ2v) is 6.58. The number of carbonyl (C=O) groups is 1. The predicted molar refractivity (Wildman–Crippen MR) is 96.1 cm³/mol. The number of hydrogen-bond donors (Lipinski definition) is 1. The molecule has 25 heavy (non-hydrogen) atoms. The fourth-order valence-electron chi connectivity index (χ4n) is 3.16. The van der Waals surface area contributed by atoms with E-state index in [9.17, 15) is 9.18 Å². The smallest absolute Gasteiger partial charge is 0.221 e. The van der Waals surface area contributed by atoms with Crippen LogP contribution in [0.4, 0.5) is 4.39 Å². The highest BCUT2D eigenvalue weighted by molar-refractivity contribution is 5.77. The molecular weight excluding hydrogens is 317 g/mol. The highest BCUT2D eigenvalue weighted by Crippen LogP contribution is 2.30. The van der Waals surface area contributed by atoms with Crippen LogP contribution in [0.3, 0.4) is 0 Å². The fraction of sp³-hybridized carbons (Fsp3) is 0.300. The standard InChI is InChI=1S/C20H22FN3O/c1-13(2)23-20(25)11-17(15-7-5-8-16(21)10-15)18-12-22-19-9-4-6-14(3)24(18)19/h4-10,12-13,17H,11H2,1-3H3,(H,23,25). The van der Waals surface area contributed by atoms with Gasteiger partial charge in [0.15, 0.2) is 0 Å². The summed E-state index contributed by atoms with van der Waals surface area (Å²) in [5.41, 5.74) is 3.50. The van der Waals surface area contributed by atoms with Crippen molar-refractivity contribution in [3.8, 4) is 0 Å². The molecule has 0 aliphatic heterocycles. The minimum Gasteiger partial charge on any atom is -0.354 e. The number of hydrogen-bond acceptors (Lipinski definition) is 2. The number of pyridine rings is 1. The molecule has 0 aliphatic rings. The van der Waals surface area contributed by atoms with Gasteiger partial charge < -0.3 is 9.72 Å². The second-order valence-electron chi connectivity index (χ2n) is 6.58. The zero-order valence-corrected chi connectivity index (χ0v) is 14.7. The maximum Gasteiger partial charge on any atom is 0.221 e. The average molecular weight is 339 g/mol. The summed E-state index contributed by atoms with van der Waals surface area (Å²) in [6, 6.07) is 12.4. The Bertz CT molecular complexity index is 901. The van der Waals surface area contributed by atoms with Gasteiger partial charge in [0.25, 0.3) is 0 Å². The van der Waals surface area contributed by atoms with E-state index in [0.717, 1.165) is 22.6 Å². The Kier molecular flexibility index (Phi) is 4.83. The molecule has 4 nitrogen and oxygen atoms in total. The minimum absolute atomic E-state index is 0.0598. The predicted octanol–water partition coefficient (Wildman–Crippen LogP) is 3.83. The van der Waals surface area contributed by atoms with Crippen LogP contribution in [-0.4, -0.2) is 21.3 Å². The molecule has 2 aromatic heterocycles. The lowest BCUT2D eigenvalue weighted by Crippen LogP contribution is -2.31. The number of benzene rings is 1. The molecule has 1 unspecified atom stereocenters. The molecule has 1 amide bonds. The first-order valence-corrected chi connectivity index (χ1v) is 8.43. The van der Waals surface area contributed by atoms with Gasteiger partial charge in [-0.2, -0.15) is 0 Å². The SMILES string of the molecule is Cc1cccc2ncc(C(CC(=O)NC(C)C)c3cccc(F)c3)n12. The number of fused-ring (bicyclic) bond motifs is 1. The van der Waals surface area contributed by atoms with Crippen molar-refractivity contribution >= 4 is 11.6 Å². The van der Waals surface area contributed by atoms with E-state index in [1.165, 1.54) is 12.1 Å². The minimum atomic E-state index is -0.308. The van der Waals surface area contributed by atoms with Crippen LogP contribution in [0.2, 0.25) is 0 Å².